The number of Topliss-reactive ketones (excluding diaryl/α,β-unsaturated/α-hetero) is 1. The van der Waals surface area contributed by atoms with Gasteiger partial charge in [0.2, 0.25) is 12.3 Å². The summed E-state index contributed by atoms with van der Waals surface area (Å²) in [5.74, 6) is -0.744. The maximum atomic E-state index is 13.1. The number of carbonyl (C=O) groups excluding carboxylic acids is 5. The summed E-state index contributed by atoms with van der Waals surface area (Å²) < 4.78 is 5.86. The number of nitrogens with one attached hydrogen (secondary N) is 1. The molecule has 0 spiro atoms. The topological polar surface area (TPSA) is 113 Å². The number of amides is 4. The van der Waals surface area contributed by atoms with Crippen molar-refractivity contribution in [2.75, 3.05) is 18.1 Å². The summed E-state index contributed by atoms with van der Waals surface area (Å²) in [5, 5.41) is 2.04. The van der Waals surface area contributed by atoms with Gasteiger partial charge in [0, 0.05) is 31.8 Å². The molecule has 1 aromatic rings. The second kappa shape index (κ2) is 7.31. The molecule has 152 valence electrons. The van der Waals surface area contributed by atoms with Gasteiger partial charge in [0.15, 0.2) is 5.75 Å². The predicted molar refractivity (Wildman–Crippen MR) is 101 cm³/mol. The lowest BCUT2D eigenvalue weighted by Gasteiger charge is -2.41. The molecule has 0 radical (unpaired) electrons. The molecule has 0 bridgehead atoms. The van der Waals surface area contributed by atoms with E-state index in [1.54, 1.807) is 19.1 Å². The van der Waals surface area contributed by atoms with Crippen LogP contribution in [0.25, 0.3) is 0 Å². The Hall–Kier alpha value is -3.23. The first-order valence-electron chi connectivity index (χ1n) is 9.61. The standard InChI is InChI=1S/C20H21N3O6/c1-11(2-5-16(26)21-10-24)23-19(27)14-3-4-15-18(17(14)20(23)28)29-9-12-8-13(25)6-7-22(12)15/h3-4,10-12H,2,5-9H2,1H3,(H,21,24,26)/t11?,12-/m0/s1. The number of hydrogen-bond acceptors (Lipinski definition) is 7. The fourth-order valence-electron chi connectivity index (χ4n) is 4.23. The van der Waals surface area contributed by atoms with Crippen LogP contribution in [0.3, 0.4) is 0 Å². The zero-order valence-corrected chi connectivity index (χ0v) is 16.0. The van der Waals surface area contributed by atoms with Crippen molar-refractivity contribution >= 4 is 35.6 Å². The monoisotopic (exact) mass is 399 g/mol. The zero-order chi connectivity index (χ0) is 20.7. The van der Waals surface area contributed by atoms with Gasteiger partial charge >= 0.3 is 0 Å². The third-order valence-corrected chi connectivity index (χ3v) is 5.73. The lowest BCUT2D eigenvalue weighted by atomic mass is 9.97. The summed E-state index contributed by atoms with van der Waals surface area (Å²) in [6.45, 7) is 2.54. The molecule has 1 unspecified atom stereocenters. The van der Waals surface area contributed by atoms with Crippen LogP contribution >= 0.6 is 0 Å². The molecular formula is C20H21N3O6. The van der Waals surface area contributed by atoms with E-state index < -0.39 is 23.8 Å². The van der Waals surface area contributed by atoms with Crippen molar-refractivity contribution < 1.29 is 28.7 Å². The molecule has 1 fully saturated rings. The van der Waals surface area contributed by atoms with Gasteiger partial charge in [0.05, 0.1) is 22.9 Å². The number of ketones is 1. The third-order valence-electron chi connectivity index (χ3n) is 5.73. The van der Waals surface area contributed by atoms with E-state index in [0.717, 1.165) is 10.6 Å². The van der Waals surface area contributed by atoms with Crippen LogP contribution in [0.15, 0.2) is 12.1 Å². The molecule has 0 aliphatic carbocycles. The Bertz CT molecular complexity index is 927. The van der Waals surface area contributed by atoms with Gasteiger partial charge in [0.1, 0.15) is 12.4 Å². The minimum absolute atomic E-state index is 0.0193. The Morgan fingerprint density at radius 1 is 1.31 bits per heavy atom. The molecule has 3 aliphatic rings. The van der Waals surface area contributed by atoms with Gasteiger partial charge in [-0.15, -0.1) is 0 Å². The highest BCUT2D eigenvalue weighted by Gasteiger charge is 2.44. The first kappa shape index (κ1) is 19.1. The Morgan fingerprint density at radius 2 is 2.10 bits per heavy atom. The van der Waals surface area contributed by atoms with Gasteiger partial charge in [-0.3, -0.25) is 34.2 Å². The number of piperidine rings is 1. The number of nitrogens with zero attached hydrogens (tertiary/aromatic N) is 2. The van der Waals surface area contributed by atoms with Crippen LogP contribution in [0, 0.1) is 0 Å². The van der Waals surface area contributed by atoms with Crippen LogP contribution in [-0.4, -0.2) is 60.1 Å². The Labute approximate surface area is 167 Å². The zero-order valence-electron chi connectivity index (χ0n) is 16.0. The lowest BCUT2D eigenvalue weighted by molar-refractivity contribution is -0.125. The minimum atomic E-state index is -0.514. The van der Waals surface area contributed by atoms with Crippen LogP contribution in [0.4, 0.5) is 5.69 Å². The molecule has 4 amide bonds. The maximum Gasteiger partial charge on any atom is 0.265 e. The normalized spacial score (nSPS) is 21.1. The summed E-state index contributed by atoms with van der Waals surface area (Å²) >= 11 is 0. The van der Waals surface area contributed by atoms with Gasteiger partial charge in [-0.2, -0.15) is 0 Å². The van der Waals surface area contributed by atoms with E-state index in [1.165, 1.54) is 0 Å². The number of imide groups is 2. The van der Waals surface area contributed by atoms with E-state index in [4.69, 9.17) is 4.74 Å². The molecule has 9 heteroatoms. The van der Waals surface area contributed by atoms with Crippen molar-refractivity contribution in [3.63, 3.8) is 0 Å². The van der Waals surface area contributed by atoms with Crippen molar-refractivity contribution in [2.24, 2.45) is 0 Å². The largest absolute Gasteiger partial charge is 0.488 e. The quantitative estimate of drug-likeness (QED) is 0.571. The molecule has 9 nitrogen and oxygen atoms in total. The minimum Gasteiger partial charge on any atom is -0.488 e. The smallest absolute Gasteiger partial charge is 0.265 e. The van der Waals surface area contributed by atoms with Crippen LogP contribution in [0.2, 0.25) is 0 Å². The van der Waals surface area contributed by atoms with Crippen molar-refractivity contribution in [2.45, 2.75) is 44.7 Å². The van der Waals surface area contributed by atoms with E-state index in [0.29, 0.717) is 31.5 Å². The SMILES string of the molecule is CC(CCC(=O)NC=O)N1C(=O)c2ccc3c(c2C1=O)OC[C@@H]1CC(=O)CCN31. The Kier molecular flexibility index (Phi) is 4.81. The van der Waals surface area contributed by atoms with Crippen molar-refractivity contribution in [1.82, 2.24) is 10.2 Å². The van der Waals surface area contributed by atoms with Gasteiger partial charge in [0.25, 0.3) is 11.8 Å². The highest BCUT2D eigenvalue weighted by molar-refractivity contribution is 6.23. The van der Waals surface area contributed by atoms with Crippen LogP contribution in [0.1, 0.15) is 53.3 Å². The fraction of sp³-hybridized carbons (Fsp3) is 0.450. The molecule has 29 heavy (non-hydrogen) atoms. The highest BCUT2D eigenvalue weighted by Crippen LogP contribution is 2.43. The van der Waals surface area contributed by atoms with E-state index in [1.807, 2.05) is 5.32 Å². The second-order valence-electron chi connectivity index (χ2n) is 7.54. The summed E-state index contributed by atoms with van der Waals surface area (Å²) in [6.07, 6.45) is 1.43. The summed E-state index contributed by atoms with van der Waals surface area (Å²) in [5.41, 5.74) is 1.25. The summed E-state index contributed by atoms with van der Waals surface area (Å²) in [4.78, 5) is 62.8. The Morgan fingerprint density at radius 3 is 2.86 bits per heavy atom. The molecular weight excluding hydrogens is 378 g/mol. The highest BCUT2D eigenvalue weighted by atomic mass is 16.5. The van der Waals surface area contributed by atoms with Gasteiger partial charge in [-0.1, -0.05) is 0 Å². The number of carbonyl (C=O) groups is 5. The van der Waals surface area contributed by atoms with Crippen molar-refractivity contribution in [1.29, 1.82) is 0 Å². The number of rotatable bonds is 5. The Balaban J connectivity index is 1.59. The molecule has 1 N–H and O–H groups in total. The van der Waals surface area contributed by atoms with Crippen molar-refractivity contribution in [3.05, 3.63) is 23.3 Å². The molecule has 4 rings (SSSR count). The van der Waals surface area contributed by atoms with E-state index in [9.17, 15) is 24.0 Å². The first-order chi connectivity index (χ1) is 13.9. The van der Waals surface area contributed by atoms with Crippen molar-refractivity contribution in [3.8, 4) is 5.75 Å². The van der Waals surface area contributed by atoms with Crippen LogP contribution in [0.5, 0.6) is 5.75 Å². The summed E-state index contributed by atoms with van der Waals surface area (Å²) in [6, 6.07) is 2.83. The number of ether oxygens (including phenoxy) is 1. The molecule has 1 aromatic carbocycles. The number of anilines is 1. The first-order valence-corrected chi connectivity index (χ1v) is 9.61. The third kappa shape index (κ3) is 3.16. The molecule has 3 heterocycles. The van der Waals surface area contributed by atoms with E-state index in [2.05, 4.69) is 4.90 Å². The van der Waals surface area contributed by atoms with Crippen LogP contribution < -0.4 is 15.0 Å². The van der Waals surface area contributed by atoms with Gasteiger partial charge < -0.3 is 9.64 Å². The van der Waals surface area contributed by atoms with Crippen LogP contribution in [-0.2, 0) is 14.4 Å². The lowest BCUT2D eigenvalue weighted by Crippen LogP contribution is -2.49. The predicted octanol–water partition coefficient (Wildman–Crippen LogP) is 0.654. The average Bonchev–Trinajstić information content (AvgIpc) is 2.96. The van der Waals surface area contributed by atoms with E-state index in [-0.39, 0.29) is 42.4 Å². The number of fused-ring (bicyclic) bond motifs is 5. The number of benzene rings is 1. The molecule has 0 aromatic heterocycles. The second-order valence-corrected chi connectivity index (χ2v) is 7.54. The average molecular weight is 399 g/mol. The van der Waals surface area contributed by atoms with Gasteiger partial charge in [-0.25, -0.2) is 0 Å². The molecule has 0 saturated carbocycles. The number of hydrogen-bond donors (Lipinski definition) is 1. The molecule has 1 saturated heterocycles. The summed E-state index contributed by atoms with van der Waals surface area (Å²) in [7, 11) is 0. The molecule has 3 aliphatic heterocycles. The molecule has 2 atom stereocenters. The fourth-order valence-corrected chi connectivity index (χ4v) is 4.23. The van der Waals surface area contributed by atoms with E-state index >= 15 is 0 Å². The maximum absolute atomic E-state index is 13.1. The van der Waals surface area contributed by atoms with Gasteiger partial charge in [-0.05, 0) is 25.5 Å².